The summed E-state index contributed by atoms with van der Waals surface area (Å²) in [6.07, 6.45) is 2.34. The van der Waals surface area contributed by atoms with Gasteiger partial charge in [0.1, 0.15) is 0 Å². The Bertz CT molecular complexity index is 845. The molecule has 1 aromatic carbocycles. The summed E-state index contributed by atoms with van der Waals surface area (Å²) in [5.41, 5.74) is 6.61. The summed E-state index contributed by atoms with van der Waals surface area (Å²) in [4.78, 5) is 13.9. The molecule has 164 valence electrons. The standard InChI is InChI=1S/C21H32N6O3/c1-14(2)19(26-10-8-16(9-11-26)20(22)28)21-23-24-25-27(21)12-7-15-5-6-17(29-3)18(13-15)30-4/h5-6,13-14,16,19H,7-12H2,1-4H3,(H2,22,28)/t19-/m1/s1. The number of aromatic nitrogens is 4. The first-order chi connectivity index (χ1) is 14.4. The number of carbonyl (C=O) groups is 1. The number of primary amides is 1. The van der Waals surface area contributed by atoms with Gasteiger partial charge in [-0.3, -0.25) is 9.69 Å². The Hall–Kier alpha value is -2.68. The van der Waals surface area contributed by atoms with Gasteiger partial charge in [-0.1, -0.05) is 19.9 Å². The first kappa shape index (κ1) is 22.0. The maximum absolute atomic E-state index is 11.5. The molecule has 1 aliphatic heterocycles. The average Bonchev–Trinajstić information content (AvgIpc) is 3.20. The summed E-state index contributed by atoms with van der Waals surface area (Å²) >= 11 is 0. The van der Waals surface area contributed by atoms with Crippen LogP contribution in [-0.2, 0) is 17.8 Å². The molecule has 0 unspecified atom stereocenters. The molecule has 1 amide bonds. The van der Waals surface area contributed by atoms with E-state index in [1.165, 1.54) is 0 Å². The molecule has 1 saturated heterocycles. The van der Waals surface area contributed by atoms with Gasteiger partial charge in [0, 0.05) is 12.5 Å². The third kappa shape index (κ3) is 4.89. The first-order valence-electron chi connectivity index (χ1n) is 10.4. The van der Waals surface area contributed by atoms with Crippen molar-refractivity contribution in [3.63, 3.8) is 0 Å². The van der Waals surface area contributed by atoms with Crippen LogP contribution in [0.1, 0.15) is 44.1 Å². The van der Waals surface area contributed by atoms with Crippen LogP contribution in [0.15, 0.2) is 18.2 Å². The largest absolute Gasteiger partial charge is 0.493 e. The highest BCUT2D eigenvalue weighted by molar-refractivity contribution is 5.76. The van der Waals surface area contributed by atoms with Crippen LogP contribution >= 0.6 is 0 Å². The lowest BCUT2D eigenvalue weighted by Gasteiger charge is -2.38. The maximum Gasteiger partial charge on any atom is 0.220 e. The third-order valence-corrected chi connectivity index (χ3v) is 5.84. The molecule has 2 N–H and O–H groups in total. The Balaban J connectivity index is 1.72. The SMILES string of the molecule is COc1ccc(CCn2nnnc2[C@@H](C(C)C)N2CCC(C(N)=O)CC2)cc1OC. The van der Waals surface area contributed by atoms with Crippen LogP contribution in [0.2, 0.25) is 0 Å². The van der Waals surface area contributed by atoms with Crippen LogP contribution in [0.5, 0.6) is 11.5 Å². The van der Waals surface area contributed by atoms with E-state index >= 15 is 0 Å². The number of likely N-dealkylation sites (tertiary alicyclic amines) is 1. The highest BCUT2D eigenvalue weighted by atomic mass is 16.5. The van der Waals surface area contributed by atoms with Gasteiger partial charge in [0.2, 0.25) is 5.91 Å². The van der Waals surface area contributed by atoms with Crippen molar-refractivity contribution < 1.29 is 14.3 Å². The van der Waals surface area contributed by atoms with Gasteiger partial charge in [-0.2, -0.15) is 0 Å². The summed E-state index contributed by atoms with van der Waals surface area (Å²) in [5, 5.41) is 12.6. The van der Waals surface area contributed by atoms with Crippen LogP contribution in [0.3, 0.4) is 0 Å². The van der Waals surface area contributed by atoms with Crippen LogP contribution in [0, 0.1) is 11.8 Å². The summed E-state index contributed by atoms with van der Waals surface area (Å²) in [6.45, 7) is 6.66. The quantitative estimate of drug-likeness (QED) is 0.664. The number of tetrazole rings is 1. The number of hydrogen-bond donors (Lipinski definition) is 1. The summed E-state index contributed by atoms with van der Waals surface area (Å²) in [7, 11) is 3.26. The molecule has 0 radical (unpaired) electrons. The van der Waals surface area contributed by atoms with Gasteiger partial charge in [0.15, 0.2) is 17.3 Å². The number of nitrogens with zero attached hydrogens (tertiary/aromatic N) is 5. The number of aryl methyl sites for hydroxylation is 2. The highest BCUT2D eigenvalue weighted by Gasteiger charge is 2.33. The lowest BCUT2D eigenvalue weighted by molar-refractivity contribution is -0.123. The second-order valence-corrected chi connectivity index (χ2v) is 8.10. The predicted molar refractivity (Wildman–Crippen MR) is 112 cm³/mol. The average molecular weight is 417 g/mol. The van der Waals surface area contributed by atoms with Crippen molar-refractivity contribution in [2.45, 2.75) is 45.7 Å². The van der Waals surface area contributed by atoms with E-state index in [0.29, 0.717) is 24.0 Å². The van der Waals surface area contributed by atoms with Gasteiger partial charge in [-0.05, 0) is 66.4 Å². The molecule has 0 saturated carbocycles. The number of methoxy groups -OCH3 is 2. The normalized spacial score (nSPS) is 16.6. The van der Waals surface area contributed by atoms with E-state index in [4.69, 9.17) is 15.2 Å². The summed E-state index contributed by atoms with van der Waals surface area (Å²) in [6, 6.07) is 6.02. The molecular formula is C21H32N6O3. The van der Waals surface area contributed by atoms with Gasteiger partial charge in [0.25, 0.3) is 0 Å². The van der Waals surface area contributed by atoms with E-state index in [1.54, 1.807) is 14.2 Å². The smallest absolute Gasteiger partial charge is 0.220 e. The van der Waals surface area contributed by atoms with E-state index in [0.717, 1.165) is 43.7 Å². The Morgan fingerprint density at radius 2 is 1.90 bits per heavy atom. The fraction of sp³-hybridized carbons (Fsp3) is 0.619. The zero-order valence-corrected chi connectivity index (χ0v) is 18.2. The molecule has 0 aliphatic carbocycles. The lowest BCUT2D eigenvalue weighted by atomic mass is 9.92. The van der Waals surface area contributed by atoms with Crippen LogP contribution in [0.4, 0.5) is 0 Å². The molecule has 9 nitrogen and oxygen atoms in total. The van der Waals surface area contributed by atoms with E-state index in [1.807, 2.05) is 22.9 Å². The van der Waals surface area contributed by atoms with Crippen molar-refractivity contribution >= 4 is 5.91 Å². The summed E-state index contributed by atoms with van der Waals surface area (Å²) in [5.74, 6) is 2.39. The lowest BCUT2D eigenvalue weighted by Crippen LogP contribution is -2.42. The molecule has 1 atom stereocenters. The van der Waals surface area contributed by atoms with Gasteiger partial charge in [-0.25, -0.2) is 4.68 Å². The molecule has 1 aliphatic rings. The molecule has 1 fully saturated rings. The number of piperidine rings is 1. The minimum atomic E-state index is -0.199. The van der Waals surface area contributed by atoms with Crippen molar-refractivity contribution in [3.8, 4) is 11.5 Å². The van der Waals surface area contributed by atoms with E-state index < -0.39 is 0 Å². The minimum absolute atomic E-state index is 0.0323. The molecule has 30 heavy (non-hydrogen) atoms. The molecule has 0 spiro atoms. The number of ether oxygens (including phenoxy) is 2. The molecule has 2 aromatic rings. The van der Waals surface area contributed by atoms with Crippen molar-refractivity contribution in [2.24, 2.45) is 17.6 Å². The number of benzene rings is 1. The van der Waals surface area contributed by atoms with Gasteiger partial charge >= 0.3 is 0 Å². The summed E-state index contributed by atoms with van der Waals surface area (Å²) < 4.78 is 12.6. The molecule has 0 bridgehead atoms. The van der Waals surface area contributed by atoms with Gasteiger partial charge in [-0.15, -0.1) is 5.10 Å². The van der Waals surface area contributed by atoms with Crippen LogP contribution < -0.4 is 15.2 Å². The zero-order chi connectivity index (χ0) is 21.7. The zero-order valence-electron chi connectivity index (χ0n) is 18.2. The second-order valence-electron chi connectivity index (χ2n) is 8.10. The van der Waals surface area contributed by atoms with Gasteiger partial charge < -0.3 is 15.2 Å². The molecule has 2 heterocycles. The van der Waals surface area contributed by atoms with E-state index in [2.05, 4.69) is 34.3 Å². The number of rotatable bonds is 9. The first-order valence-corrected chi connectivity index (χ1v) is 10.4. The second kappa shape index (κ2) is 9.88. The highest BCUT2D eigenvalue weighted by Crippen LogP contribution is 2.31. The Labute approximate surface area is 177 Å². The molecule has 9 heteroatoms. The number of amides is 1. The van der Waals surface area contributed by atoms with Crippen molar-refractivity contribution in [1.29, 1.82) is 0 Å². The van der Waals surface area contributed by atoms with Crippen molar-refractivity contribution in [1.82, 2.24) is 25.1 Å². The Morgan fingerprint density at radius 3 is 2.50 bits per heavy atom. The van der Waals surface area contributed by atoms with Crippen molar-refractivity contribution in [3.05, 3.63) is 29.6 Å². The van der Waals surface area contributed by atoms with Crippen LogP contribution in [-0.4, -0.2) is 58.3 Å². The fourth-order valence-corrected chi connectivity index (χ4v) is 4.20. The Morgan fingerprint density at radius 1 is 1.20 bits per heavy atom. The number of hydrogen-bond acceptors (Lipinski definition) is 7. The van der Waals surface area contributed by atoms with E-state index in [9.17, 15) is 4.79 Å². The van der Waals surface area contributed by atoms with Crippen LogP contribution in [0.25, 0.3) is 0 Å². The molecule has 1 aromatic heterocycles. The maximum atomic E-state index is 11.5. The Kier molecular flexibility index (Phi) is 7.25. The molecular weight excluding hydrogens is 384 g/mol. The van der Waals surface area contributed by atoms with Gasteiger partial charge in [0.05, 0.1) is 20.3 Å². The third-order valence-electron chi connectivity index (χ3n) is 5.84. The van der Waals surface area contributed by atoms with Crippen molar-refractivity contribution in [2.75, 3.05) is 27.3 Å². The molecule has 3 rings (SSSR count). The fourth-order valence-electron chi connectivity index (χ4n) is 4.20. The number of carbonyl (C=O) groups excluding carboxylic acids is 1. The number of nitrogens with two attached hydrogens (primary N) is 1. The monoisotopic (exact) mass is 416 g/mol. The minimum Gasteiger partial charge on any atom is -0.493 e. The predicted octanol–water partition coefficient (Wildman–Crippen LogP) is 1.83. The topological polar surface area (TPSA) is 108 Å². The van der Waals surface area contributed by atoms with E-state index in [-0.39, 0.29) is 17.9 Å².